The first kappa shape index (κ1) is 19.5. The molecule has 2 aromatic carbocycles. The van der Waals surface area contributed by atoms with E-state index in [-0.39, 0.29) is 5.91 Å². The SMILES string of the molecule is C[C@@H](OC(=O)/C=C/c1ccc2c(c1)OCCO2)C(=O)NCCc1ccccc1. The summed E-state index contributed by atoms with van der Waals surface area (Å²) in [6, 6.07) is 15.3. The molecule has 1 N–H and O–H groups in total. The van der Waals surface area contributed by atoms with Gasteiger partial charge in [-0.3, -0.25) is 4.79 Å². The number of hydrogen-bond donors (Lipinski definition) is 1. The number of benzene rings is 2. The van der Waals surface area contributed by atoms with Crippen molar-refractivity contribution in [3.05, 3.63) is 65.7 Å². The lowest BCUT2D eigenvalue weighted by atomic mass is 10.1. The second-order valence-electron chi connectivity index (χ2n) is 6.34. The summed E-state index contributed by atoms with van der Waals surface area (Å²) in [6.45, 7) is 3.06. The minimum atomic E-state index is -0.867. The van der Waals surface area contributed by atoms with Crippen molar-refractivity contribution in [3.63, 3.8) is 0 Å². The molecular formula is C22H23NO5. The Bertz CT molecular complexity index is 847. The van der Waals surface area contributed by atoms with Gasteiger partial charge < -0.3 is 19.5 Å². The maximum Gasteiger partial charge on any atom is 0.331 e. The molecule has 0 radical (unpaired) electrons. The third-order valence-electron chi connectivity index (χ3n) is 4.20. The van der Waals surface area contributed by atoms with E-state index < -0.39 is 12.1 Å². The molecule has 0 unspecified atom stereocenters. The zero-order chi connectivity index (χ0) is 19.8. The summed E-state index contributed by atoms with van der Waals surface area (Å²) >= 11 is 0. The number of rotatable bonds is 7. The van der Waals surface area contributed by atoms with Gasteiger partial charge in [-0.15, -0.1) is 0 Å². The third kappa shape index (κ3) is 5.61. The highest BCUT2D eigenvalue weighted by atomic mass is 16.6. The highest BCUT2D eigenvalue weighted by molar-refractivity contribution is 5.90. The zero-order valence-electron chi connectivity index (χ0n) is 15.7. The van der Waals surface area contributed by atoms with Crippen molar-refractivity contribution in [2.45, 2.75) is 19.4 Å². The normalized spacial score (nSPS) is 13.8. The number of esters is 1. The molecule has 1 atom stereocenters. The molecule has 0 spiro atoms. The summed E-state index contributed by atoms with van der Waals surface area (Å²) in [5, 5.41) is 2.77. The van der Waals surface area contributed by atoms with Crippen molar-refractivity contribution >= 4 is 18.0 Å². The van der Waals surface area contributed by atoms with Gasteiger partial charge in [-0.1, -0.05) is 36.4 Å². The van der Waals surface area contributed by atoms with Crippen LogP contribution in [-0.2, 0) is 20.7 Å². The molecule has 0 bridgehead atoms. The van der Waals surface area contributed by atoms with E-state index in [1.165, 1.54) is 6.08 Å². The lowest BCUT2D eigenvalue weighted by Gasteiger charge is -2.18. The van der Waals surface area contributed by atoms with Crippen molar-refractivity contribution in [1.82, 2.24) is 5.32 Å². The topological polar surface area (TPSA) is 73.9 Å². The highest BCUT2D eigenvalue weighted by Crippen LogP contribution is 2.31. The fourth-order valence-corrected chi connectivity index (χ4v) is 2.71. The molecule has 6 heteroatoms. The molecule has 2 aromatic rings. The van der Waals surface area contributed by atoms with Gasteiger partial charge in [-0.25, -0.2) is 4.79 Å². The van der Waals surface area contributed by atoms with E-state index in [1.807, 2.05) is 36.4 Å². The van der Waals surface area contributed by atoms with Crippen LogP contribution in [0.3, 0.4) is 0 Å². The summed E-state index contributed by atoms with van der Waals surface area (Å²) in [5.41, 5.74) is 1.91. The van der Waals surface area contributed by atoms with Crippen molar-refractivity contribution in [2.24, 2.45) is 0 Å². The van der Waals surface area contributed by atoms with E-state index in [0.29, 0.717) is 31.3 Å². The Balaban J connectivity index is 1.44. The molecule has 0 aliphatic carbocycles. The largest absolute Gasteiger partial charge is 0.486 e. The van der Waals surface area contributed by atoms with Gasteiger partial charge in [0.2, 0.25) is 0 Å². The van der Waals surface area contributed by atoms with Crippen LogP contribution in [0.4, 0.5) is 0 Å². The van der Waals surface area contributed by atoms with Crippen molar-refractivity contribution < 1.29 is 23.8 Å². The number of amides is 1. The van der Waals surface area contributed by atoms with Crippen LogP contribution in [0.25, 0.3) is 6.08 Å². The number of hydrogen-bond acceptors (Lipinski definition) is 5. The molecule has 0 aromatic heterocycles. The molecule has 1 amide bonds. The van der Waals surface area contributed by atoms with Gasteiger partial charge in [-0.05, 0) is 42.7 Å². The molecule has 0 saturated carbocycles. The average molecular weight is 381 g/mol. The van der Waals surface area contributed by atoms with Crippen LogP contribution in [0.1, 0.15) is 18.1 Å². The van der Waals surface area contributed by atoms with Gasteiger partial charge >= 0.3 is 5.97 Å². The van der Waals surface area contributed by atoms with Crippen molar-refractivity contribution in [2.75, 3.05) is 19.8 Å². The highest BCUT2D eigenvalue weighted by Gasteiger charge is 2.16. The molecule has 1 heterocycles. The van der Waals surface area contributed by atoms with E-state index in [4.69, 9.17) is 14.2 Å². The fraction of sp³-hybridized carbons (Fsp3) is 0.273. The van der Waals surface area contributed by atoms with Crippen LogP contribution >= 0.6 is 0 Å². The Morgan fingerprint density at radius 1 is 1.11 bits per heavy atom. The molecule has 1 aliphatic heterocycles. The first-order valence-corrected chi connectivity index (χ1v) is 9.22. The smallest absolute Gasteiger partial charge is 0.331 e. The molecule has 0 fully saturated rings. The predicted molar refractivity (Wildman–Crippen MR) is 105 cm³/mol. The van der Waals surface area contributed by atoms with Crippen LogP contribution in [0.15, 0.2) is 54.6 Å². The lowest BCUT2D eigenvalue weighted by Crippen LogP contribution is -2.36. The monoisotopic (exact) mass is 381 g/mol. The number of fused-ring (bicyclic) bond motifs is 1. The second kappa shape index (κ2) is 9.60. The van der Waals surface area contributed by atoms with Gasteiger partial charge in [0.15, 0.2) is 17.6 Å². The lowest BCUT2D eigenvalue weighted by molar-refractivity contribution is -0.150. The number of ether oxygens (including phenoxy) is 3. The predicted octanol–water partition coefficient (Wildman–Crippen LogP) is 2.76. The number of carbonyl (C=O) groups excluding carboxylic acids is 2. The van der Waals surface area contributed by atoms with Gasteiger partial charge in [0, 0.05) is 12.6 Å². The summed E-state index contributed by atoms with van der Waals surface area (Å²) in [6.07, 6.45) is 2.75. The van der Waals surface area contributed by atoms with Gasteiger partial charge in [0.1, 0.15) is 13.2 Å². The van der Waals surface area contributed by atoms with Gasteiger partial charge in [0.25, 0.3) is 5.91 Å². The van der Waals surface area contributed by atoms with Crippen molar-refractivity contribution in [1.29, 1.82) is 0 Å². The Morgan fingerprint density at radius 3 is 2.64 bits per heavy atom. The zero-order valence-corrected chi connectivity index (χ0v) is 15.7. The summed E-state index contributed by atoms with van der Waals surface area (Å²) < 4.78 is 16.1. The van der Waals surface area contributed by atoms with E-state index in [1.54, 1.807) is 25.1 Å². The molecule has 146 valence electrons. The maximum atomic E-state index is 12.1. The van der Waals surface area contributed by atoms with Crippen LogP contribution in [-0.4, -0.2) is 37.7 Å². The Labute approximate surface area is 164 Å². The molecular weight excluding hydrogens is 358 g/mol. The second-order valence-corrected chi connectivity index (χ2v) is 6.34. The molecule has 6 nitrogen and oxygen atoms in total. The Kier molecular flexibility index (Phi) is 6.68. The van der Waals surface area contributed by atoms with Gasteiger partial charge in [0.05, 0.1) is 0 Å². The number of nitrogens with one attached hydrogen (secondary N) is 1. The van der Waals surface area contributed by atoms with E-state index in [9.17, 15) is 9.59 Å². The quantitative estimate of drug-likeness (QED) is 0.590. The Morgan fingerprint density at radius 2 is 1.86 bits per heavy atom. The van der Waals surface area contributed by atoms with Crippen LogP contribution in [0.5, 0.6) is 11.5 Å². The first-order chi connectivity index (χ1) is 13.6. The van der Waals surface area contributed by atoms with E-state index in [0.717, 1.165) is 17.5 Å². The number of carbonyl (C=O) groups is 2. The van der Waals surface area contributed by atoms with Crippen molar-refractivity contribution in [3.8, 4) is 11.5 Å². The molecule has 0 saturated heterocycles. The summed E-state index contributed by atoms with van der Waals surface area (Å²) in [7, 11) is 0. The fourth-order valence-electron chi connectivity index (χ4n) is 2.71. The van der Waals surface area contributed by atoms with E-state index >= 15 is 0 Å². The maximum absolute atomic E-state index is 12.1. The Hall–Kier alpha value is -3.28. The minimum absolute atomic E-state index is 0.322. The summed E-state index contributed by atoms with van der Waals surface area (Å²) in [5.74, 6) is 0.428. The average Bonchev–Trinajstić information content (AvgIpc) is 2.72. The molecule has 3 rings (SSSR count). The first-order valence-electron chi connectivity index (χ1n) is 9.22. The minimum Gasteiger partial charge on any atom is -0.486 e. The molecule has 1 aliphatic rings. The van der Waals surface area contributed by atoms with Gasteiger partial charge in [-0.2, -0.15) is 0 Å². The molecule has 28 heavy (non-hydrogen) atoms. The third-order valence-corrected chi connectivity index (χ3v) is 4.20. The standard InChI is InChI=1S/C22H23NO5/c1-16(22(25)23-12-11-17-5-3-2-4-6-17)28-21(24)10-8-18-7-9-19-20(15-18)27-14-13-26-19/h2-10,15-16H,11-14H2,1H3,(H,23,25)/b10-8+/t16-/m1/s1. The van der Waals surface area contributed by atoms with Crippen LogP contribution in [0.2, 0.25) is 0 Å². The van der Waals surface area contributed by atoms with Crippen LogP contribution in [0, 0.1) is 0 Å². The van der Waals surface area contributed by atoms with Crippen LogP contribution < -0.4 is 14.8 Å². The van der Waals surface area contributed by atoms with E-state index in [2.05, 4.69) is 5.32 Å². The summed E-state index contributed by atoms with van der Waals surface area (Å²) in [4.78, 5) is 24.0.